The summed E-state index contributed by atoms with van der Waals surface area (Å²) >= 11 is 0. The van der Waals surface area contributed by atoms with Crippen LogP contribution in [-0.2, 0) is 0 Å². The van der Waals surface area contributed by atoms with Crippen LogP contribution in [0.1, 0.15) is 38.5 Å². The van der Waals surface area contributed by atoms with Crippen molar-refractivity contribution in [2.24, 2.45) is 21.7 Å². The second kappa shape index (κ2) is 4.61. The van der Waals surface area contributed by atoms with Crippen LogP contribution in [0.2, 0.25) is 0 Å². The maximum absolute atomic E-state index is 9.87. The van der Waals surface area contributed by atoms with Gasteiger partial charge >= 0.3 is 0 Å². The minimum Gasteiger partial charge on any atom is -0.368 e. The van der Waals surface area contributed by atoms with Crippen LogP contribution >= 0.6 is 0 Å². The first-order valence-electron chi connectivity index (χ1n) is 7.46. The highest BCUT2D eigenvalue weighted by molar-refractivity contribution is 5.19. The summed E-state index contributed by atoms with van der Waals surface area (Å²) in [6.45, 7) is 0. The number of hydrogen-bond acceptors (Lipinski definition) is 8. The molecule has 0 amide bonds. The lowest BCUT2D eigenvalue weighted by Gasteiger charge is -2.71. The fourth-order valence-electron chi connectivity index (χ4n) is 6.05. The van der Waals surface area contributed by atoms with E-state index in [0.717, 1.165) is 0 Å². The van der Waals surface area contributed by atoms with Crippen LogP contribution in [0.15, 0.2) is 0 Å². The summed E-state index contributed by atoms with van der Waals surface area (Å²) in [6, 6.07) is 0. The lowest BCUT2D eigenvalue weighted by atomic mass is 9.34. The van der Waals surface area contributed by atoms with E-state index in [-0.39, 0.29) is 38.5 Å². The van der Waals surface area contributed by atoms with E-state index in [1.165, 1.54) is 0 Å². The monoisotopic (exact) mass is 320 g/mol. The first-order chi connectivity index (χ1) is 10.0. The molecule has 4 rings (SSSR count). The standard InChI is InChI=1S/C14H24O8/c15-7(16)11-1-12(8(17)18)4-13(2-11,9(19)20)6-14(3-11,5-12)10(21)22/h7-10,15-22H,1-6H2. The van der Waals surface area contributed by atoms with E-state index in [1.807, 2.05) is 0 Å². The van der Waals surface area contributed by atoms with Crippen LogP contribution in [0.3, 0.4) is 0 Å². The van der Waals surface area contributed by atoms with Gasteiger partial charge in [-0.05, 0) is 38.5 Å². The molecule has 0 aromatic rings. The Morgan fingerprint density at radius 1 is 0.364 bits per heavy atom. The van der Waals surface area contributed by atoms with Crippen molar-refractivity contribution in [1.29, 1.82) is 0 Å². The molecule has 0 heterocycles. The molecule has 128 valence electrons. The summed E-state index contributed by atoms with van der Waals surface area (Å²) < 4.78 is 0. The maximum atomic E-state index is 9.87. The molecular formula is C14H24O8. The van der Waals surface area contributed by atoms with E-state index >= 15 is 0 Å². The number of rotatable bonds is 4. The minimum absolute atomic E-state index is 0.0816. The molecular weight excluding hydrogens is 296 g/mol. The summed E-state index contributed by atoms with van der Waals surface area (Å²) in [7, 11) is 0. The SMILES string of the molecule is OC(O)C12CC3(C(O)O)CC(C(O)O)(C1)CC(C(O)O)(C2)C3. The predicted octanol–water partition coefficient (Wildman–Crippen LogP) is -2.44. The Morgan fingerprint density at radius 3 is 0.591 bits per heavy atom. The Labute approximate surface area is 127 Å². The summed E-state index contributed by atoms with van der Waals surface area (Å²) in [5.41, 5.74) is -4.87. The highest BCUT2D eigenvalue weighted by Crippen LogP contribution is 2.76. The minimum atomic E-state index is -1.82. The zero-order chi connectivity index (χ0) is 16.6. The molecule has 4 bridgehead atoms. The van der Waals surface area contributed by atoms with Gasteiger partial charge in [0, 0.05) is 21.7 Å². The lowest BCUT2D eigenvalue weighted by Crippen LogP contribution is -2.70. The molecule has 8 nitrogen and oxygen atoms in total. The third kappa shape index (κ3) is 1.93. The zero-order valence-corrected chi connectivity index (χ0v) is 12.1. The molecule has 4 fully saturated rings. The molecule has 0 aromatic heterocycles. The molecule has 22 heavy (non-hydrogen) atoms. The van der Waals surface area contributed by atoms with Gasteiger partial charge in [0.15, 0.2) is 25.2 Å². The van der Waals surface area contributed by atoms with Gasteiger partial charge in [0.25, 0.3) is 0 Å². The third-order valence-electron chi connectivity index (χ3n) is 6.42. The molecule has 0 aromatic carbocycles. The van der Waals surface area contributed by atoms with Crippen molar-refractivity contribution in [3.8, 4) is 0 Å². The van der Waals surface area contributed by atoms with Gasteiger partial charge in [-0.1, -0.05) is 0 Å². The van der Waals surface area contributed by atoms with E-state index in [0.29, 0.717) is 0 Å². The molecule has 0 aliphatic heterocycles. The van der Waals surface area contributed by atoms with Gasteiger partial charge in [-0.3, -0.25) is 0 Å². The largest absolute Gasteiger partial charge is 0.368 e. The maximum Gasteiger partial charge on any atom is 0.157 e. The topological polar surface area (TPSA) is 162 Å². The fourth-order valence-corrected chi connectivity index (χ4v) is 6.05. The molecule has 4 aliphatic carbocycles. The van der Waals surface area contributed by atoms with Gasteiger partial charge in [-0.2, -0.15) is 0 Å². The van der Waals surface area contributed by atoms with Gasteiger partial charge in [-0.15, -0.1) is 0 Å². The summed E-state index contributed by atoms with van der Waals surface area (Å²) in [5, 5.41) is 79.0. The van der Waals surface area contributed by atoms with Crippen molar-refractivity contribution >= 4 is 0 Å². The quantitative estimate of drug-likeness (QED) is 0.265. The van der Waals surface area contributed by atoms with Crippen LogP contribution < -0.4 is 0 Å². The highest BCUT2D eigenvalue weighted by Gasteiger charge is 2.74. The molecule has 4 aliphatic rings. The van der Waals surface area contributed by atoms with Gasteiger partial charge in [-0.25, -0.2) is 0 Å². The Balaban J connectivity index is 2.17. The van der Waals surface area contributed by atoms with Crippen LogP contribution in [0.5, 0.6) is 0 Å². The van der Waals surface area contributed by atoms with Crippen molar-refractivity contribution in [2.45, 2.75) is 63.7 Å². The average Bonchev–Trinajstić information content (AvgIpc) is 2.36. The lowest BCUT2D eigenvalue weighted by molar-refractivity contribution is -0.364. The molecule has 0 atom stereocenters. The molecule has 0 radical (unpaired) electrons. The second-order valence-corrected chi connectivity index (χ2v) is 8.00. The second-order valence-electron chi connectivity index (χ2n) is 8.00. The Kier molecular flexibility index (Phi) is 3.47. The van der Waals surface area contributed by atoms with E-state index < -0.39 is 46.8 Å². The van der Waals surface area contributed by atoms with E-state index in [2.05, 4.69) is 0 Å². The van der Waals surface area contributed by atoms with Crippen molar-refractivity contribution < 1.29 is 40.9 Å². The normalized spacial score (nSPS) is 47.5. The summed E-state index contributed by atoms with van der Waals surface area (Å²) in [4.78, 5) is 0. The molecule has 0 spiro atoms. The van der Waals surface area contributed by atoms with Crippen LogP contribution in [0, 0.1) is 21.7 Å². The first kappa shape index (κ1) is 16.5. The molecule has 4 saturated carbocycles. The van der Waals surface area contributed by atoms with Gasteiger partial charge in [0.2, 0.25) is 0 Å². The number of hydrogen-bond donors (Lipinski definition) is 8. The molecule has 8 heteroatoms. The van der Waals surface area contributed by atoms with Crippen LogP contribution in [0.25, 0.3) is 0 Å². The van der Waals surface area contributed by atoms with E-state index in [4.69, 9.17) is 0 Å². The predicted molar refractivity (Wildman–Crippen MR) is 70.3 cm³/mol. The number of aliphatic hydroxyl groups is 8. The molecule has 0 saturated heterocycles. The fraction of sp³-hybridized carbons (Fsp3) is 1.00. The molecule has 0 unspecified atom stereocenters. The van der Waals surface area contributed by atoms with Crippen molar-refractivity contribution in [3.63, 3.8) is 0 Å². The smallest absolute Gasteiger partial charge is 0.157 e. The Bertz CT molecular complexity index is 340. The first-order valence-corrected chi connectivity index (χ1v) is 7.46. The Hall–Kier alpha value is -0.320. The zero-order valence-electron chi connectivity index (χ0n) is 12.1. The van der Waals surface area contributed by atoms with E-state index in [1.54, 1.807) is 0 Å². The molecule has 8 N–H and O–H groups in total. The Morgan fingerprint density at radius 2 is 0.500 bits per heavy atom. The highest BCUT2D eigenvalue weighted by atomic mass is 16.5. The van der Waals surface area contributed by atoms with Gasteiger partial charge in [0.05, 0.1) is 0 Å². The van der Waals surface area contributed by atoms with E-state index in [9.17, 15) is 40.9 Å². The van der Waals surface area contributed by atoms with Crippen molar-refractivity contribution in [1.82, 2.24) is 0 Å². The average molecular weight is 320 g/mol. The van der Waals surface area contributed by atoms with Gasteiger partial charge in [0.1, 0.15) is 0 Å². The third-order valence-corrected chi connectivity index (χ3v) is 6.42. The summed E-state index contributed by atoms with van der Waals surface area (Å²) in [6.07, 6.45) is -6.78. The summed E-state index contributed by atoms with van der Waals surface area (Å²) in [5.74, 6) is 0. The van der Waals surface area contributed by atoms with Crippen molar-refractivity contribution in [3.05, 3.63) is 0 Å². The van der Waals surface area contributed by atoms with Crippen molar-refractivity contribution in [2.75, 3.05) is 0 Å². The number of aliphatic hydroxyl groups excluding tert-OH is 4. The van der Waals surface area contributed by atoms with Crippen LogP contribution in [0.4, 0.5) is 0 Å². The van der Waals surface area contributed by atoms with Crippen LogP contribution in [-0.4, -0.2) is 66.0 Å². The van der Waals surface area contributed by atoms with Gasteiger partial charge < -0.3 is 40.9 Å².